The number of rotatable bonds is 5. The highest BCUT2D eigenvalue weighted by atomic mass is 14.2. The van der Waals surface area contributed by atoms with E-state index in [2.05, 4.69) is 0 Å². The maximum atomic E-state index is 9.48. The summed E-state index contributed by atoms with van der Waals surface area (Å²) < 4.78 is 73.2. The van der Waals surface area contributed by atoms with Crippen molar-refractivity contribution in [2.45, 2.75) is 0 Å². The van der Waals surface area contributed by atoms with Gasteiger partial charge in [-0.05, 0) is 77.2 Å². The number of fused-ring (bicyclic) bond motifs is 2. The van der Waals surface area contributed by atoms with E-state index in [4.69, 9.17) is 5.48 Å². The van der Waals surface area contributed by atoms with E-state index in [1.165, 1.54) is 0 Å². The molecule has 206 valence electrons. The molecule has 0 saturated carbocycles. The van der Waals surface area contributed by atoms with Gasteiger partial charge in [-0.2, -0.15) is 0 Å². The predicted octanol–water partition coefficient (Wildman–Crippen LogP) is 12.3. The second-order valence-corrected chi connectivity index (χ2v) is 10.7. The molecule has 0 N–H and O–H groups in total. The van der Waals surface area contributed by atoms with Crippen molar-refractivity contribution in [2.75, 3.05) is 0 Å². The summed E-state index contributed by atoms with van der Waals surface area (Å²) in [5.41, 5.74) is 6.95. The summed E-state index contributed by atoms with van der Waals surface area (Å²) in [5, 5.41) is 0.748. The summed E-state index contributed by atoms with van der Waals surface area (Å²) in [4.78, 5) is 0. The minimum absolute atomic E-state index is 0.186. The first-order valence-corrected chi connectivity index (χ1v) is 14.5. The molecule has 0 saturated heterocycles. The Kier molecular flexibility index (Phi) is 4.76. The van der Waals surface area contributed by atoms with Crippen molar-refractivity contribution in [3.8, 4) is 55.6 Å². The molecule has 0 nitrogen and oxygen atoms in total. The zero-order valence-electron chi connectivity index (χ0n) is 31.7. The van der Waals surface area contributed by atoms with Crippen LogP contribution in [0.5, 0.6) is 0 Å². The van der Waals surface area contributed by atoms with Crippen LogP contribution in [0, 0.1) is 0 Å². The predicted molar refractivity (Wildman–Crippen MR) is 189 cm³/mol. The molecule has 0 atom stereocenters. The Labute approximate surface area is 269 Å². The molecule has 44 heavy (non-hydrogen) atoms. The lowest BCUT2D eigenvalue weighted by Crippen LogP contribution is -1.95. The molecule has 0 aliphatic rings. The van der Waals surface area contributed by atoms with Crippen molar-refractivity contribution in [3.05, 3.63) is 182 Å². The molecule has 8 rings (SSSR count). The van der Waals surface area contributed by atoms with Gasteiger partial charge >= 0.3 is 0 Å². The fraction of sp³-hybridized carbons (Fsp3) is 0. The molecule has 0 aliphatic heterocycles. The van der Waals surface area contributed by atoms with Crippen LogP contribution < -0.4 is 0 Å². The van der Waals surface area contributed by atoms with Gasteiger partial charge in [0, 0.05) is 0 Å². The molecule has 8 aromatic rings. The largest absolute Gasteiger partial charge is 0.0629 e. The minimum atomic E-state index is -0.428. The Morgan fingerprint density at radius 2 is 0.636 bits per heavy atom. The van der Waals surface area contributed by atoms with Gasteiger partial charge in [0.1, 0.15) is 0 Å². The highest BCUT2D eigenvalue weighted by Gasteiger charge is 2.21. The van der Waals surface area contributed by atoms with Gasteiger partial charge in [0.2, 0.25) is 0 Å². The summed E-state index contributed by atoms with van der Waals surface area (Å²) in [6.45, 7) is 0. The first-order valence-electron chi connectivity index (χ1n) is 18.5. The van der Waals surface area contributed by atoms with E-state index in [0.29, 0.717) is 22.3 Å². The van der Waals surface area contributed by atoms with Gasteiger partial charge in [0.05, 0.1) is 11.0 Å². The van der Waals surface area contributed by atoms with Crippen LogP contribution in [0.2, 0.25) is 0 Å². The molecule has 0 heteroatoms. The smallest absolute Gasteiger partial charge is 0.0622 e. The van der Waals surface area contributed by atoms with E-state index < -0.39 is 24.2 Å². The third kappa shape index (κ3) is 4.49. The lowest BCUT2D eigenvalue weighted by molar-refractivity contribution is 1.58. The topological polar surface area (TPSA) is 0 Å². The van der Waals surface area contributed by atoms with Crippen molar-refractivity contribution in [2.24, 2.45) is 0 Å². The second-order valence-electron chi connectivity index (χ2n) is 10.7. The van der Waals surface area contributed by atoms with E-state index in [1.54, 1.807) is 0 Å². The maximum absolute atomic E-state index is 9.48. The Bertz CT molecular complexity index is 2530. The monoisotopic (exact) mass is 566 g/mol. The van der Waals surface area contributed by atoms with Gasteiger partial charge < -0.3 is 0 Å². The molecule has 0 bridgehead atoms. The van der Waals surface area contributed by atoms with Crippen LogP contribution in [-0.4, -0.2) is 0 Å². The van der Waals surface area contributed by atoms with Crippen LogP contribution in [0.15, 0.2) is 182 Å². The van der Waals surface area contributed by atoms with Gasteiger partial charge in [0.15, 0.2) is 0 Å². The highest BCUT2D eigenvalue weighted by Crippen LogP contribution is 2.49. The van der Waals surface area contributed by atoms with Crippen LogP contribution in [0.25, 0.3) is 77.2 Å². The average molecular weight is 567 g/mol. The van der Waals surface area contributed by atoms with Crippen molar-refractivity contribution in [1.29, 1.82) is 0 Å². The van der Waals surface area contributed by atoms with E-state index in [-0.39, 0.29) is 45.7 Å². The summed E-state index contributed by atoms with van der Waals surface area (Å²) in [5.74, 6) is 0. The molecule has 0 radical (unpaired) electrons. The van der Waals surface area contributed by atoms with Crippen molar-refractivity contribution < 1.29 is 11.0 Å². The van der Waals surface area contributed by atoms with Gasteiger partial charge in [-0.25, -0.2) is 0 Å². The molecule has 0 aliphatic carbocycles. The molecule has 0 fully saturated rings. The van der Waals surface area contributed by atoms with Crippen LogP contribution >= 0.6 is 0 Å². The molecule has 0 aromatic heterocycles. The Morgan fingerprint density at radius 3 is 1.09 bits per heavy atom. The van der Waals surface area contributed by atoms with E-state index in [1.807, 2.05) is 133 Å². The molecular weight excluding hydrogens is 528 g/mol. The van der Waals surface area contributed by atoms with E-state index in [0.717, 1.165) is 33.4 Å². The number of benzene rings is 8. The fourth-order valence-corrected chi connectivity index (χ4v) is 6.16. The van der Waals surface area contributed by atoms with Crippen LogP contribution in [0.4, 0.5) is 0 Å². The first kappa shape index (κ1) is 18.7. The Balaban J connectivity index is 1.64. The minimum Gasteiger partial charge on any atom is -0.0622 e. The van der Waals surface area contributed by atoms with Crippen molar-refractivity contribution >= 4 is 21.5 Å². The molecule has 0 amide bonds. The fourth-order valence-electron chi connectivity index (χ4n) is 6.16. The Morgan fingerprint density at radius 1 is 0.273 bits per heavy atom. The van der Waals surface area contributed by atoms with Crippen LogP contribution in [-0.2, 0) is 0 Å². The lowest BCUT2D eigenvalue weighted by atomic mass is 9.81. The Hall–Kier alpha value is -5.72. The summed E-state index contributed by atoms with van der Waals surface area (Å²) in [6.07, 6.45) is 0. The quantitative estimate of drug-likeness (QED) is 0.182. The SMILES string of the molecule is [2H]c1c([2H])c([2H])c2c(-c3c(-c4ccccc4)cccc3-c3ccccc3)c3c([2H])c([2H])c([2H])c([2H])c3c(-c3ccc(-c4ccccc4)cc3)c2c1[2H]. The third-order valence-corrected chi connectivity index (χ3v) is 8.14. The van der Waals surface area contributed by atoms with Crippen molar-refractivity contribution in [1.82, 2.24) is 0 Å². The molecule has 0 unspecified atom stereocenters. The zero-order chi connectivity index (χ0) is 36.3. The summed E-state index contributed by atoms with van der Waals surface area (Å²) in [7, 11) is 0. The highest BCUT2D eigenvalue weighted by molar-refractivity contribution is 6.23. The molecule has 0 heterocycles. The molecule has 0 spiro atoms. The van der Waals surface area contributed by atoms with E-state index >= 15 is 0 Å². The zero-order valence-corrected chi connectivity index (χ0v) is 23.7. The lowest BCUT2D eigenvalue weighted by Gasteiger charge is -2.22. The van der Waals surface area contributed by atoms with Crippen LogP contribution in [0.3, 0.4) is 0 Å². The first-order chi connectivity index (χ1) is 25.2. The van der Waals surface area contributed by atoms with Crippen molar-refractivity contribution in [3.63, 3.8) is 0 Å². The van der Waals surface area contributed by atoms with Crippen LogP contribution in [0.1, 0.15) is 11.0 Å². The second kappa shape index (κ2) is 11.2. The standard InChI is InChI=1S/C44H30/c1-4-15-31(16-5-1)32-27-29-35(30-28-32)42-38-21-10-12-23-40(38)44(41-24-13-11-22-39(41)42)43-36(33-17-6-2-7-18-33)25-14-26-37(43)34-19-8-3-9-20-34/h1-30H/i10D,11D,12D,13D,21D,22D,23D,24D. The van der Waals surface area contributed by atoms with Gasteiger partial charge in [-0.1, -0.05) is 182 Å². The summed E-state index contributed by atoms with van der Waals surface area (Å²) in [6, 6.07) is 39.7. The molecule has 8 aromatic carbocycles. The van der Waals surface area contributed by atoms with E-state index in [9.17, 15) is 5.48 Å². The maximum Gasteiger partial charge on any atom is 0.0629 e. The molecular formula is C44H30. The van der Waals surface area contributed by atoms with Gasteiger partial charge in [0.25, 0.3) is 0 Å². The summed E-state index contributed by atoms with van der Waals surface area (Å²) >= 11 is 0. The number of hydrogen-bond acceptors (Lipinski definition) is 0. The number of hydrogen-bond donors (Lipinski definition) is 0. The normalized spacial score (nSPS) is 13.7. The third-order valence-electron chi connectivity index (χ3n) is 8.14. The van der Waals surface area contributed by atoms with Gasteiger partial charge in [-0.3, -0.25) is 0 Å². The van der Waals surface area contributed by atoms with Gasteiger partial charge in [-0.15, -0.1) is 0 Å². The average Bonchev–Trinajstić information content (AvgIpc) is 3.20.